The maximum absolute atomic E-state index is 12.3. The summed E-state index contributed by atoms with van der Waals surface area (Å²) in [5.74, 6) is 0. The van der Waals surface area contributed by atoms with Crippen molar-refractivity contribution in [3.63, 3.8) is 0 Å². The number of carbonyl (C=O) groups excluding carboxylic acids is 1. The monoisotopic (exact) mass is 284 g/mol. The molecular formula is C16H32N2O2. The molecule has 0 spiro atoms. The maximum atomic E-state index is 12.3. The van der Waals surface area contributed by atoms with Gasteiger partial charge in [-0.15, -0.1) is 0 Å². The Labute approximate surface area is 124 Å². The Hall–Kier alpha value is -0.770. The van der Waals surface area contributed by atoms with Crippen LogP contribution < -0.4 is 5.32 Å². The van der Waals surface area contributed by atoms with Crippen molar-refractivity contribution >= 4 is 6.09 Å². The second kappa shape index (κ2) is 7.87. The van der Waals surface area contributed by atoms with Crippen LogP contribution in [-0.4, -0.2) is 41.8 Å². The molecule has 4 nitrogen and oxygen atoms in total. The highest BCUT2D eigenvalue weighted by atomic mass is 16.6. The third kappa shape index (κ3) is 6.12. The molecule has 1 N–H and O–H groups in total. The quantitative estimate of drug-likeness (QED) is 0.839. The summed E-state index contributed by atoms with van der Waals surface area (Å²) < 4.78 is 5.54. The number of rotatable bonds is 5. The van der Waals surface area contributed by atoms with Crippen molar-refractivity contribution in [2.75, 3.05) is 13.1 Å². The third-order valence-corrected chi connectivity index (χ3v) is 3.62. The van der Waals surface area contributed by atoms with E-state index < -0.39 is 5.60 Å². The summed E-state index contributed by atoms with van der Waals surface area (Å²) in [6.45, 7) is 12.0. The van der Waals surface area contributed by atoms with Crippen LogP contribution in [0.4, 0.5) is 4.79 Å². The summed E-state index contributed by atoms with van der Waals surface area (Å²) >= 11 is 0. The van der Waals surface area contributed by atoms with Gasteiger partial charge in [-0.2, -0.15) is 0 Å². The summed E-state index contributed by atoms with van der Waals surface area (Å²) in [5.41, 5.74) is -0.412. The molecule has 2 atom stereocenters. The summed E-state index contributed by atoms with van der Waals surface area (Å²) in [4.78, 5) is 14.2. The Morgan fingerprint density at radius 2 is 2.10 bits per heavy atom. The van der Waals surface area contributed by atoms with Crippen LogP contribution in [0, 0.1) is 0 Å². The Kier molecular flexibility index (Phi) is 6.80. The van der Waals surface area contributed by atoms with E-state index in [0.717, 1.165) is 38.8 Å². The van der Waals surface area contributed by atoms with Crippen molar-refractivity contribution in [3.8, 4) is 0 Å². The van der Waals surface area contributed by atoms with Gasteiger partial charge in [-0.25, -0.2) is 4.79 Å². The molecular weight excluding hydrogens is 252 g/mol. The SMILES string of the molecule is CCCNC(C)CC1CCCCN1C(=O)OC(C)(C)C. The highest BCUT2D eigenvalue weighted by Crippen LogP contribution is 2.23. The first-order valence-electron chi connectivity index (χ1n) is 8.06. The van der Waals surface area contributed by atoms with Crippen LogP contribution in [-0.2, 0) is 4.74 Å². The van der Waals surface area contributed by atoms with Crippen LogP contribution in [0.15, 0.2) is 0 Å². The molecule has 1 fully saturated rings. The van der Waals surface area contributed by atoms with Gasteiger partial charge in [0.2, 0.25) is 0 Å². The standard InChI is InChI=1S/C16H32N2O2/c1-6-10-17-13(2)12-14-9-7-8-11-18(14)15(19)20-16(3,4)5/h13-14,17H,6-12H2,1-5H3. The van der Waals surface area contributed by atoms with Crippen molar-refractivity contribution in [3.05, 3.63) is 0 Å². The number of amides is 1. The fraction of sp³-hybridized carbons (Fsp3) is 0.938. The average molecular weight is 284 g/mol. The highest BCUT2D eigenvalue weighted by molar-refractivity contribution is 5.68. The molecule has 0 aromatic rings. The van der Waals surface area contributed by atoms with Gasteiger partial charge in [-0.3, -0.25) is 0 Å². The van der Waals surface area contributed by atoms with E-state index in [1.54, 1.807) is 0 Å². The van der Waals surface area contributed by atoms with Crippen molar-refractivity contribution in [2.45, 2.75) is 84.4 Å². The lowest BCUT2D eigenvalue weighted by Crippen LogP contribution is -2.48. The molecule has 0 bridgehead atoms. The first-order valence-corrected chi connectivity index (χ1v) is 8.06. The number of carbonyl (C=O) groups is 1. The molecule has 0 aromatic heterocycles. The predicted octanol–water partition coefficient (Wildman–Crippen LogP) is 3.55. The summed E-state index contributed by atoms with van der Waals surface area (Å²) in [6, 6.07) is 0.765. The lowest BCUT2D eigenvalue weighted by atomic mass is 9.96. The molecule has 0 aliphatic carbocycles. The number of nitrogens with one attached hydrogen (secondary N) is 1. The number of hydrogen-bond donors (Lipinski definition) is 1. The number of ether oxygens (including phenoxy) is 1. The van der Waals surface area contributed by atoms with Crippen LogP contribution in [0.1, 0.15) is 66.7 Å². The second-order valence-corrected chi connectivity index (χ2v) is 6.91. The summed E-state index contributed by atoms with van der Waals surface area (Å²) in [6.07, 6.45) is 5.41. The van der Waals surface area contributed by atoms with Crippen molar-refractivity contribution in [2.24, 2.45) is 0 Å². The average Bonchev–Trinajstić information content (AvgIpc) is 2.35. The van der Waals surface area contributed by atoms with Gasteiger partial charge in [-0.1, -0.05) is 6.92 Å². The van der Waals surface area contributed by atoms with E-state index in [-0.39, 0.29) is 6.09 Å². The molecule has 20 heavy (non-hydrogen) atoms. The largest absolute Gasteiger partial charge is 0.444 e. The topological polar surface area (TPSA) is 41.6 Å². The molecule has 1 heterocycles. The van der Waals surface area contributed by atoms with Gasteiger partial charge in [-0.05, 0) is 66.3 Å². The third-order valence-electron chi connectivity index (χ3n) is 3.62. The van der Waals surface area contributed by atoms with E-state index >= 15 is 0 Å². The molecule has 1 aliphatic rings. The van der Waals surface area contributed by atoms with Gasteiger partial charge >= 0.3 is 6.09 Å². The zero-order valence-corrected chi connectivity index (χ0v) is 13.9. The van der Waals surface area contributed by atoms with Gasteiger partial charge in [0.1, 0.15) is 5.60 Å². The Morgan fingerprint density at radius 3 is 2.70 bits per heavy atom. The molecule has 0 radical (unpaired) electrons. The van der Waals surface area contributed by atoms with Gasteiger partial charge in [0.15, 0.2) is 0 Å². The lowest BCUT2D eigenvalue weighted by Gasteiger charge is -2.38. The molecule has 4 heteroatoms. The Morgan fingerprint density at radius 1 is 1.40 bits per heavy atom. The van der Waals surface area contributed by atoms with Crippen molar-refractivity contribution in [1.82, 2.24) is 10.2 Å². The molecule has 1 aliphatic heterocycles. The van der Waals surface area contributed by atoms with Crippen LogP contribution in [0.2, 0.25) is 0 Å². The second-order valence-electron chi connectivity index (χ2n) is 6.91. The number of hydrogen-bond acceptors (Lipinski definition) is 3. The van der Waals surface area contributed by atoms with E-state index in [1.165, 1.54) is 6.42 Å². The van der Waals surface area contributed by atoms with Gasteiger partial charge in [0, 0.05) is 18.6 Å². The van der Waals surface area contributed by atoms with Gasteiger partial charge in [0.25, 0.3) is 0 Å². The Bertz CT molecular complexity index is 299. The minimum atomic E-state index is -0.412. The van der Waals surface area contributed by atoms with E-state index in [9.17, 15) is 4.79 Å². The molecule has 1 rings (SSSR count). The molecule has 2 unspecified atom stereocenters. The molecule has 118 valence electrons. The van der Waals surface area contributed by atoms with E-state index in [1.807, 2.05) is 25.7 Å². The van der Waals surface area contributed by atoms with Crippen LogP contribution in [0.25, 0.3) is 0 Å². The minimum Gasteiger partial charge on any atom is -0.444 e. The van der Waals surface area contributed by atoms with E-state index in [4.69, 9.17) is 4.74 Å². The van der Waals surface area contributed by atoms with Crippen LogP contribution in [0.5, 0.6) is 0 Å². The smallest absolute Gasteiger partial charge is 0.410 e. The zero-order valence-electron chi connectivity index (χ0n) is 13.9. The van der Waals surface area contributed by atoms with Gasteiger partial charge < -0.3 is 15.0 Å². The molecule has 1 amide bonds. The first-order chi connectivity index (χ1) is 9.33. The predicted molar refractivity (Wildman–Crippen MR) is 83.0 cm³/mol. The molecule has 1 saturated heterocycles. The van der Waals surface area contributed by atoms with Crippen LogP contribution >= 0.6 is 0 Å². The fourth-order valence-electron chi connectivity index (χ4n) is 2.69. The number of nitrogens with zero attached hydrogens (tertiary/aromatic N) is 1. The summed E-state index contributed by atoms with van der Waals surface area (Å²) in [7, 11) is 0. The minimum absolute atomic E-state index is 0.148. The number of likely N-dealkylation sites (tertiary alicyclic amines) is 1. The van der Waals surface area contributed by atoms with E-state index in [2.05, 4.69) is 19.2 Å². The number of piperidine rings is 1. The van der Waals surface area contributed by atoms with Crippen molar-refractivity contribution in [1.29, 1.82) is 0 Å². The Balaban J connectivity index is 2.55. The fourth-order valence-corrected chi connectivity index (χ4v) is 2.69. The molecule has 0 aromatic carbocycles. The van der Waals surface area contributed by atoms with E-state index in [0.29, 0.717) is 12.1 Å². The molecule has 0 saturated carbocycles. The van der Waals surface area contributed by atoms with Gasteiger partial charge in [0.05, 0.1) is 0 Å². The normalized spacial score (nSPS) is 21.6. The summed E-state index contributed by atoms with van der Waals surface area (Å²) in [5, 5.41) is 3.51. The first kappa shape index (κ1) is 17.3. The maximum Gasteiger partial charge on any atom is 0.410 e. The zero-order chi connectivity index (χ0) is 15.2. The lowest BCUT2D eigenvalue weighted by molar-refractivity contribution is 0.00792. The van der Waals surface area contributed by atoms with Crippen molar-refractivity contribution < 1.29 is 9.53 Å². The van der Waals surface area contributed by atoms with Crippen LogP contribution in [0.3, 0.4) is 0 Å². The highest BCUT2D eigenvalue weighted by Gasteiger charge is 2.31.